The molecule has 196 valence electrons. The Balaban J connectivity index is 0. The summed E-state index contributed by atoms with van der Waals surface area (Å²) in [4.78, 5) is 18.4. The van der Waals surface area contributed by atoms with Crippen molar-refractivity contribution in [2.75, 3.05) is 40.9 Å². The Morgan fingerprint density at radius 3 is 2.39 bits per heavy atom. The van der Waals surface area contributed by atoms with Gasteiger partial charge in [-0.3, -0.25) is 4.79 Å². The molecule has 1 amide bonds. The van der Waals surface area contributed by atoms with Gasteiger partial charge < -0.3 is 49.1 Å². The van der Waals surface area contributed by atoms with Gasteiger partial charge in [-0.1, -0.05) is 24.3 Å². The molecule has 0 saturated carbocycles. The van der Waals surface area contributed by atoms with Crippen LogP contribution in [0.2, 0.25) is 0 Å². The van der Waals surface area contributed by atoms with Crippen LogP contribution in [0.25, 0.3) is 11.8 Å². The molecule has 7 nitrogen and oxygen atoms in total. The minimum absolute atomic E-state index is 0. The number of amides is 1. The van der Waals surface area contributed by atoms with Crippen LogP contribution in [-0.4, -0.2) is 61.3 Å². The molecule has 0 aliphatic heterocycles. The van der Waals surface area contributed by atoms with Gasteiger partial charge in [-0.25, -0.2) is 4.98 Å². The number of carbonyl (C=O) groups is 1. The van der Waals surface area contributed by atoms with Crippen LogP contribution in [0.3, 0.4) is 0 Å². The first-order chi connectivity index (χ1) is 16.6. The standard InChI is InChI=1S/C27H34N4O3.2ClH/c1-30(16-12-23-18-25(33-2)20-26(19-23)34-3)15-5-13-29-27(32)7-4-6-22-8-10-24(11-9-22)31-17-14-28-21-31;;/h4,6,8-11,14,17-21H,5,7,12-13,15-16H2,1-3H3,(H,29,32);2*1H/b6-4+;;. The van der Waals surface area contributed by atoms with E-state index in [1.54, 1.807) is 26.7 Å². The lowest BCUT2D eigenvalue weighted by Crippen LogP contribution is -3.00. The van der Waals surface area contributed by atoms with Gasteiger partial charge in [-0.05, 0) is 61.8 Å². The summed E-state index contributed by atoms with van der Waals surface area (Å²) in [5.74, 6) is 1.65. The third-order valence-corrected chi connectivity index (χ3v) is 5.54. The summed E-state index contributed by atoms with van der Waals surface area (Å²) in [6.07, 6.45) is 11.5. The molecule has 0 saturated heterocycles. The molecule has 1 aromatic heterocycles. The van der Waals surface area contributed by atoms with E-state index in [0.29, 0.717) is 13.0 Å². The second-order valence-corrected chi connectivity index (χ2v) is 8.15. The van der Waals surface area contributed by atoms with Crippen molar-refractivity contribution in [3.8, 4) is 17.2 Å². The highest BCUT2D eigenvalue weighted by atomic mass is 35.5. The molecule has 9 heteroatoms. The SMILES string of the molecule is COc1cc(CCN(C)CCCNC(=O)C/C=C/c2ccc(-n3ccnc3)cc2)cc(OC)c1.[Cl-].[Cl-].[H+].[H+]. The molecule has 0 aliphatic rings. The maximum atomic E-state index is 12.1. The third-order valence-electron chi connectivity index (χ3n) is 5.54. The smallest absolute Gasteiger partial charge is 1.00 e. The summed E-state index contributed by atoms with van der Waals surface area (Å²) >= 11 is 0. The fourth-order valence-corrected chi connectivity index (χ4v) is 3.56. The fourth-order valence-electron chi connectivity index (χ4n) is 3.56. The van der Waals surface area contributed by atoms with E-state index < -0.39 is 0 Å². The molecular weight excluding hydrogens is 499 g/mol. The van der Waals surface area contributed by atoms with Crippen LogP contribution in [-0.2, 0) is 11.2 Å². The lowest BCUT2D eigenvalue weighted by Gasteiger charge is -2.17. The Hall–Kier alpha value is -3.00. The van der Waals surface area contributed by atoms with Crippen LogP contribution < -0.4 is 39.6 Å². The van der Waals surface area contributed by atoms with Gasteiger partial charge in [-0.2, -0.15) is 0 Å². The van der Waals surface area contributed by atoms with E-state index in [0.717, 1.165) is 48.7 Å². The summed E-state index contributed by atoms with van der Waals surface area (Å²) in [7, 11) is 5.42. The van der Waals surface area contributed by atoms with Gasteiger partial charge in [0.15, 0.2) is 0 Å². The average molecular weight is 536 g/mol. The van der Waals surface area contributed by atoms with Gasteiger partial charge in [-0.15, -0.1) is 0 Å². The second kappa shape index (κ2) is 16.6. The third kappa shape index (κ3) is 10.3. The molecule has 3 aromatic rings. The van der Waals surface area contributed by atoms with Crippen molar-refractivity contribution < 1.29 is 41.9 Å². The highest BCUT2D eigenvalue weighted by molar-refractivity contribution is 5.78. The number of nitrogens with zero attached hydrogens (tertiary/aromatic N) is 3. The lowest BCUT2D eigenvalue weighted by molar-refractivity contribution is -0.120. The van der Waals surface area contributed by atoms with Gasteiger partial charge in [0.1, 0.15) is 11.5 Å². The van der Waals surface area contributed by atoms with Crippen LogP contribution in [0.1, 0.15) is 26.8 Å². The number of ether oxygens (including phenoxy) is 2. The van der Waals surface area contributed by atoms with Crippen LogP contribution in [0, 0.1) is 0 Å². The van der Waals surface area contributed by atoms with Crippen molar-refractivity contribution in [1.29, 1.82) is 0 Å². The fraction of sp³-hybridized carbons (Fsp3) is 0.333. The molecule has 3 rings (SSSR count). The molecule has 2 aromatic carbocycles. The van der Waals surface area contributed by atoms with Gasteiger partial charge >= 0.3 is 2.85 Å². The van der Waals surface area contributed by atoms with E-state index in [9.17, 15) is 4.79 Å². The van der Waals surface area contributed by atoms with Gasteiger partial charge in [0.05, 0.1) is 20.5 Å². The maximum absolute atomic E-state index is 12.1. The largest absolute Gasteiger partial charge is 1.00 e. The van der Waals surface area contributed by atoms with Crippen molar-refractivity contribution in [3.05, 3.63) is 78.4 Å². The summed E-state index contributed by atoms with van der Waals surface area (Å²) in [5.41, 5.74) is 3.30. The molecule has 36 heavy (non-hydrogen) atoms. The Morgan fingerprint density at radius 1 is 1.08 bits per heavy atom. The summed E-state index contributed by atoms with van der Waals surface area (Å²) in [5, 5.41) is 3.00. The van der Waals surface area contributed by atoms with Crippen LogP contribution >= 0.6 is 0 Å². The van der Waals surface area contributed by atoms with Crippen LogP contribution in [0.4, 0.5) is 0 Å². The molecule has 0 bridgehead atoms. The summed E-state index contributed by atoms with van der Waals surface area (Å²) < 4.78 is 12.6. The Kier molecular flexibility index (Phi) is 14.3. The monoisotopic (exact) mass is 534 g/mol. The predicted octanol–water partition coefficient (Wildman–Crippen LogP) is -1.79. The van der Waals surface area contributed by atoms with Crippen molar-refractivity contribution in [2.24, 2.45) is 0 Å². The minimum atomic E-state index is 0. The predicted molar refractivity (Wildman–Crippen MR) is 138 cm³/mol. The molecule has 0 spiro atoms. The first-order valence-electron chi connectivity index (χ1n) is 11.5. The van der Waals surface area contributed by atoms with E-state index >= 15 is 0 Å². The first-order valence-corrected chi connectivity index (χ1v) is 11.5. The molecule has 1 heterocycles. The number of rotatable bonds is 13. The molecule has 0 fully saturated rings. The average Bonchev–Trinajstić information content (AvgIpc) is 3.40. The van der Waals surface area contributed by atoms with E-state index in [1.165, 1.54) is 5.56 Å². The van der Waals surface area contributed by atoms with Gasteiger partial charge in [0, 0.05) is 43.7 Å². The van der Waals surface area contributed by atoms with Crippen LogP contribution in [0.15, 0.2) is 67.3 Å². The number of likely N-dealkylation sites (N-methyl/N-ethyl adjacent to an activating group) is 1. The summed E-state index contributed by atoms with van der Waals surface area (Å²) in [6, 6.07) is 14.1. The van der Waals surface area contributed by atoms with Crippen molar-refractivity contribution in [2.45, 2.75) is 19.3 Å². The number of nitrogens with one attached hydrogen (secondary N) is 1. The van der Waals surface area contributed by atoms with Crippen LogP contribution in [0.5, 0.6) is 11.5 Å². The van der Waals surface area contributed by atoms with Crippen molar-refractivity contribution in [3.63, 3.8) is 0 Å². The number of aromatic nitrogens is 2. The van der Waals surface area contributed by atoms with Crippen molar-refractivity contribution >= 4 is 12.0 Å². The van der Waals surface area contributed by atoms with Gasteiger partial charge in [0.25, 0.3) is 0 Å². The molecule has 0 atom stereocenters. The lowest BCUT2D eigenvalue weighted by atomic mass is 10.1. The highest BCUT2D eigenvalue weighted by Crippen LogP contribution is 2.22. The van der Waals surface area contributed by atoms with Gasteiger partial charge in [0.2, 0.25) is 5.91 Å². The number of halogens is 2. The number of imidazole rings is 1. The Bertz CT molecular complexity index is 1050. The molecular formula is C27H36Cl2N4O3. The first kappa shape index (κ1) is 31.0. The number of methoxy groups -OCH3 is 2. The maximum Gasteiger partial charge on any atom is 1.00 e. The van der Waals surface area contributed by atoms with E-state index in [1.807, 2.05) is 65.4 Å². The number of benzene rings is 2. The normalized spacial score (nSPS) is 10.6. The number of hydrogen-bond acceptors (Lipinski definition) is 5. The zero-order valence-corrected chi connectivity index (χ0v) is 22.5. The minimum Gasteiger partial charge on any atom is -1.00 e. The summed E-state index contributed by atoms with van der Waals surface area (Å²) in [6.45, 7) is 2.51. The molecule has 0 aliphatic carbocycles. The molecule has 0 unspecified atom stereocenters. The van der Waals surface area contributed by atoms with E-state index in [4.69, 9.17) is 9.47 Å². The van der Waals surface area contributed by atoms with E-state index in [2.05, 4.69) is 22.2 Å². The quantitative estimate of drug-likeness (QED) is 0.262. The Morgan fingerprint density at radius 2 is 1.78 bits per heavy atom. The Labute approximate surface area is 229 Å². The van der Waals surface area contributed by atoms with E-state index in [-0.39, 0.29) is 33.6 Å². The number of carbonyl (C=O) groups excluding carboxylic acids is 1. The zero-order valence-electron chi connectivity index (χ0n) is 23.0. The topological polar surface area (TPSA) is 68.6 Å². The number of hydrogen-bond donors (Lipinski definition) is 1. The zero-order chi connectivity index (χ0) is 24.2. The highest BCUT2D eigenvalue weighted by Gasteiger charge is 2.05. The molecule has 1 N–H and O–H groups in total. The molecule has 0 radical (unpaired) electrons. The van der Waals surface area contributed by atoms with Crippen molar-refractivity contribution in [1.82, 2.24) is 19.8 Å². The second-order valence-electron chi connectivity index (χ2n) is 8.15.